The Labute approximate surface area is 198 Å². The second-order valence-electron chi connectivity index (χ2n) is 8.52. The van der Waals surface area contributed by atoms with Crippen molar-refractivity contribution in [1.82, 2.24) is 19.9 Å². The predicted octanol–water partition coefficient (Wildman–Crippen LogP) is 3.18. The number of nitrogens with one attached hydrogen (secondary N) is 3. The SMILES string of the molecule is CC(C)[C@@H](COc1ccc2[nH]c(=O)[nH]c2c1)NC(=O)c1cccn(Cc2ccc(F)c(F)c2)c1=O. The smallest absolute Gasteiger partial charge is 0.323 e. The number of carbonyl (C=O) groups excluding carboxylic acids is 1. The van der Waals surface area contributed by atoms with Gasteiger partial charge in [-0.15, -0.1) is 0 Å². The number of nitrogens with zero attached hydrogens (tertiary/aromatic N) is 1. The zero-order valence-corrected chi connectivity index (χ0v) is 19.1. The van der Waals surface area contributed by atoms with E-state index in [9.17, 15) is 23.2 Å². The van der Waals surface area contributed by atoms with Crippen molar-refractivity contribution in [3.63, 3.8) is 0 Å². The molecular weight excluding hydrogens is 458 g/mol. The maximum atomic E-state index is 13.5. The third-order valence-corrected chi connectivity index (χ3v) is 5.64. The quantitative estimate of drug-likeness (QED) is 0.358. The molecule has 0 saturated heterocycles. The molecule has 0 aliphatic heterocycles. The zero-order chi connectivity index (χ0) is 25.1. The molecule has 2 heterocycles. The number of amides is 1. The van der Waals surface area contributed by atoms with Crippen molar-refractivity contribution in [2.45, 2.75) is 26.4 Å². The van der Waals surface area contributed by atoms with Crippen LogP contribution in [0.3, 0.4) is 0 Å². The molecule has 35 heavy (non-hydrogen) atoms. The molecule has 1 atom stereocenters. The molecule has 0 aliphatic carbocycles. The van der Waals surface area contributed by atoms with E-state index in [2.05, 4.69) is 15.3 Å². The molecule has 2 aromatic carbocycles. The fraction of sp³-hybridized carbons (Fsp3) is 0.240. The van der Waals surface area contributed by atoms with Crippen molar-refractivity contribution in [1.29, 1.82) is 0 Å². The number of aromatic nitrogens is 3. The molecule has 10 heteroatoms. The van der Waals surface area contributed by atoms with Crippen molar-refractivity contribution in [3.05, 3.63) is 98.3 Å². The first-order valence-electron chi connectivity index (χ1n) is 11.0. The van der Waals surface area contributed by atoms with Gasteiger partial charge in [0.05, 0.1) is 23.6 Å². The summed E-state index contributed by atoms with van der Waals surface area (Å²) in [4.78, 5) is 42.6. The number of imidazole rings is 1. The van der Waals surface area contributed by atoms with Gasteiger partial charge in [-0.25, -0.2) is 13.6 Å². The van der Waals surface area contributed by atoms with E-state index in [0.29, 0.717) is 22.3 Å². The number of rotatable bonds is 8. The van der Waals surface area contributed by atoms with Crippen molar-refractivity contribution in [2.24, 2.45) is 5.92 Å². The third-order valence-electron chi connectivity index (χ3n) is 5.64. The standard InChI is InChI=1S/C25H24F2N4O4/c1-14(2)22(13-35-16-6-8-20-21(11-16)30-25(34)29-20)28-23(32)17-4-3-9-31(24(17)33)12-15-5-7-18(26)19(27)10-15/h3-11,14,22H,12-13H2,1-2H3,(H,28,32)(H2,29,30,34)/t22-/m1/s1. The van der Waals surface area contributed by atoms with E-state index in [4.69, 9.17) is 4.74 Å². The van der Waals surface area contributed by atoms with Crippen LogP contribution in [0.5, 0.6) is 5.75 Å². The fourth-order valence-electron chi connectivity index (χ4n) is 3.60. The monoisotopic (exact) mass is 482 g/mol. The molecule has 0 bridgehead atoms. The van der Waals surface area contributed by atoms with Crippen LogP contribution in [0.4, 0.5) is 8.78 Å². The van der Waals surface area contributed by atoms with Crippen LogP contribution in [0.1, 0.15) is 29.8 Å². The molecule has 1 amide bonds. The van der Waals surface area contributed by atoms with Gasteiger partial charge in [0.25, 0.3) is 11.5 Å². The first-order chi connectivity index (χ1) is 16.7. The van der Waals surface area contributed by atoms with Gasteiger partial charge in [-0.05, 0) is 47.9 Å². The van der Waals surface area contributed by atoms with Gasteiger partial charge >= 0.3 is 5.69 Å². The Morgan fingerprint density at radius 1 is 1.03 bits per heavy atom. The molecule has 0 spiro atoms. The van der Waals surface area contributed by atoms with Crippen LogP contribution in [-0.4, -0.2) is 33.1 Å². The Balaban J connectivity index is 1.47. The zero-order valence-electron chi connectivity index (χ0n) is 19.1. The summed E-state index contributed by atoms with van der Waals surface area (Å²) in [6.07, 6.45) is 1.48. The highest BCUT2D eigenvalue weighted by Gasteiger charge is 2.21. The number of H-pyrrole nitrogens is 2. The van der Waals surface area contributed by atoms with Gasteiger partial charge in [0.15, 0.2) is 11.6 Å². The number of ether oxygens (including phenoxy) is 1. The summed E-state index contributed by atoms with van der Waals surface area (Å²) < 4.78 is 33.8. The Morgan fingerprint density at radius 2 is 1.80 bits per heavy atom. The van der Waals surface area contributed by atoms with Crippen LogP contribution >= 0.6 is 0 Å². The summed E-state index contributed by atoms with van der Waals surface area (Å²) in [6.45, 7) is 3.94. The van der Waals surface area contributed by atoms with Crippen LogP contribution < -0.4 is 21.3 Å². The van der Waals surface area contributed by atoms with Crippen molar-refractivity contribution < 1.29 is 18.3 Å². The van der Waals surface area contributed by atoms with E-state index in [1.54, 1.807) is 24.3 Å². The number of hydrogen-bond donors (Lipinski definition) is 3. The fourth-order valence-corrected chi connectivity index (χ4v) is 3.60. The average Bonchev–Trinajstić information content (AvgIpc) is 3.19. The molecule has 182 valence electrons. The maximum Gasteiger partial charge on any atom is 0.323 e. The van der Waals surface area contributed by atoms with Crippen LogP contribution in [0.25, 0.3) is 11.0 Å². The summed E-state index contributed by atoms with van der Waals surface area (Å²) in [5.74, 6) is -2.05. The van der Waals surface area contributed by atoms with Crippen molar-refractivity contribution >= 4 is 16.9 Å². The maximum absolute atomic E-state index is 13.5. The minimum absolute atomic E-state index is 0.0112. The van der Waals surface area contributed by atoms with Gasteiger partial charge in [-0.1, -0.05) is 19.9 Å². The molecule has 4 aromatic rings. The number of benzene rings is 2. The highest BCUT2D eigenvalue weighted by atomic mass is 19.2. The van der Waals surface area contributed by atoms with Crippen molar-refractivity contribution in [2.75, 3.05) is 6.61 Å². The van der Waals surface area contributed by atoms with Crippen LogP contribution in [0.15, 0.2) is 64.3 Å². The second kappa shape index (κ2) is 9.96. The Morgan fingerprint density at radius 3 is 2.54 bits per heavy atom. The number of halogens is 2. The number of carbonyl (C=O) groups is 1. The van der Waals surface area contributed by atoms with Crippen molar-refractivity contribution in [3.8, 4) is 5.75 Å². The van der Waals surface area contributed by atoms with Crippen LogP contribution in [-0.2, 0) is 6.54 Å². The van der Waals surface area contributed by atoms with E-state index >= 15 is 0 Å². The molecular formula is C25H24F2N4O4. The summed E-state index contributed by atoms with van der Waals surface area (Å²) in [6, 6.07) is 11.0. The molecule has 0 unspecified atom stereocenters. The normalized spacial score (nSPS) is 12.1. The number of pyridine rings is 1. The Hall–Kier alpha value is -4.21. The number of aromatic amines is 2. The van der Waals surface area contributed by atoms with E-state index < -0.39 is 29.1 Å². The lowest BCUT2D eigenvalue weighted by molar-refractivity contribution is 0.0902. The van der Waals surface area contributed by atoms with E-state index in [-0.39, 0.29) is 30.3 Å². The molecule has 0 fully saturated rings. The molecule has 8 nitrogen and oxygen atoms in total. The lowest BCUT2D eigenvalue weighted by Crippen LogP contribution is -2.44. The van der Waals surface area contributed by atoms with Crippen LogP contribution in [0, 0.1) is 17.6 Å². The third kappa shape index (κ3) is 5.48. The molecule has 4 rings (SSSR count). The largest absolute Gasteiger partial charge is 0.491 e. The predicted molar refractivity (Wildman–Crippen MR) is 127 cm³/mol. The molecule has 2 aromatic heterocycles. The first-order valence-corrected chi connectivity index (χ1v) is 11.0. The minimum Gasteiger partial charge on any atom is -0.491 e. The molecule has 0 aliphatic rings. The molecule has 0 radical (unpaired) electrons. The summed E-state index contributed by atoms with van der Waals surface area (Å²) >= 11 is 0. The second-order valence-corrected chi connectivity index (χ2v) is 8.52. The van der Waals surface area contributed by atoms with Gasteiger partial charge in [0, 0.05) is 12.3 Å². The van der Waals surface area contributed by atoms with E-state index in [1.807, 2.05) is 13.8 Å². The van der Waals surface area contributed by atoms with Gasteiger partial charge in [0.2, 0.25) is 0 Å². The number of hydrogen-bond acceptors (Lipinski definition) is 4. The lowest BCUT2D eigenvalue weighted by atomic mass is 10.0. The summed E-state index contributed by atoms with van der Waals surface area (Å²) in [5, 5.41) is 2.84. The van der Waals surface area contributed by atoms with E-state index in [0.717, 1.165) is 12.1 Å². The number of fused-ring (bicyclic) bond motifs is 1. The van der Waals surface area contributed by atoms with Gasteiger partial charge < -0.3 is 24.6 Å². The summed E-state index contributed by atoms with van der Waals surface area (Å²) in [5.41, 5.74) is 0.690. The first kappa shape index (κ1) is 23.9. The highest BCUT2D eigenvalue weighted by Crippen LogP contribution is 2.18. The summed E-state index contributed by atoms with van der Waals surface area (Å²) in [7, 11) is 0. The highest BCUT2D eigenvalue weighted by molar-refractivity contribution is 5.94. The van der Waals surface area contributed by atoms with Gasteiger partial charge in [0.1, 0.15) is 17.9 Å². The molecule has 3 N–H and O–H groups in total. The lowest BCUT2D eigenvalue weighted by Gasteiger charge is -2.23. The van der Waals surface area contributed by atoms with Crippen LogP contribution in [0.2, 0.25) is 0 Å². The van der Waals surface area contributed by atoms with Gasteiger partial charge in [-0.2, -0.15) is 0 Å². The average molecular weight is 482 g/mol. The molecule has 0 saturated carbocycles. The van der Waals surface area contributed by atoms with Gasteiger partial charge in [-0.3, -0.25) is 9.59 Å². The topological polar surface area (TPSA) is 109 Å². The minimum atomic E-state index is -1.01. The van der Waals surface area contributed by atoms with E-state index in [1.165, 1.54) is 22.9 Å². The Bertz CT molecular complexity index is 1490. The Kier molecular flexibility index (Phi) is 6.81.